The Hall–Kier alpha value is -0.650. The first-order valence-electron chi connectivity index (χ1n) is 0.816. The van der Waals surface area contributed by atoms with Crippen molar-refractivity contribution in [2.24, 2.45) is 0 Å². The maximum atomic E-state index is 3.68. The van der Waals surface area contributed by atoms with Crippen molar-refractivity contribution in [1.82, 2.24) is 0 Å². The zero-order chi connectivity index (χ0) is 2.71. The molecule has 0 aromatic heterocycles. The zero-order valence-corrected chi connectivity index (χ0v) is 9.86. The van der Waals surface area contributed by atoms with E-state index in [0.29, 0.717) is 5.75 Å². The van der Waals surface area contributed by atoms with E-state index in [0.717, 1.165) is 0 Å². The second-order valence-corrected chi connectivity index (χ2v) is 0.671. The third-order valence-corrected chi connectivity index (χ3v) is 0. The van der Waals surface area contributed by atoms with Crippen LogP contribution in [0.2, 0.25) is 0 Å². The monoisotopic (exact) mass is 328 g/mol. The molecule has 0 fully saturated rings. The first-order valence-corrected chi connectivity index (χ1v) is 1.45. The van der Waals surface area contributed by atoms with E-state index in [1.165, 1.54) is 0 Å². The van der Waals surface area contributed by atoms with Gasteiger partial charge in [0.25, 0.3) is 0 Å². The number of hydrogen-bond donors (Lipinski definition) is 1. The van der Waals surface area contributed by atoms with Gasteiger partial charge in [-0.2, -0.15) is 0 Å². The normalized spacial score (nSPS) is 4.50. The summed E-state index contributed by atoms with van der Waals surface area (Å²) in [6.45, 7) is 3.35. The summed E-state index contributed by atoms with van der Waals surface area (Å²) in [7, 11) is 0. The Labute approximate surface area is 26.3 Å². The molecule has 0 N–H and O–H groups in total. The molecule has 0 aliphatic rings. The summed E-state index contributed by atoms with van der Waals surface area (Å²) < 4.78 is 0. The van der Waals surface area contributed by atoms with Crippen molar-refractivity contribution in [3.63, 3.8) is 0 Å². The van der Waals surface area contributed by atoms with Gasteiger partial charge >= 0.3 is 0 Å². The van der Waals surface area contributed by atoms with Gasteiger partial charge in [-0.25, -0.2) is 12.6 Å². The molecule has 0 heterocycles. The third-order valence-electron chi connectivity index (χ3n) is 0. The van der Waals surface area contributed by atoms with Crippen molar-refractivity contribution in [2.45, 2.75) is 0 Å². The molecule has 0 amide bonds. The molecule has 22 valence electrons. The van der Waals surface area contributed by atoms with Gasteiger partial charge in [0.1, 0.15) is 0 Å². The van der Waals surface area contributed by atoms with Crippen LogP contribution in [0.15, 0.2) is 0 Å². The number of thiol groups is 1. The molecular formula is C2H5RfS-. The minimum Gasteiger partial charge on any atom is -0.334 e. The molecule has 0 atom stereocenters. The molecule has 0 aromatic carbocycles. The van der Waals surface area contributed by atoms with Gasteiger partial charge in [-0.3, -0.25) is 0 Å². The Balaban J connectivity index is 0. The van der Waals surface area contributed by atoms with Gasteiger partial charge in [0, 0.05) is 0 Å². The Morgan fingerprint density at radius 1 is 1.75 bits per heavy atom. The summed E-state index contributed by atoms with van der Waals surface area (Å²) >= 11 is 3.68. The van der Waals surface area contributed by atoms with Crippen LogP contribution in [-0.2, 0) is 0 Å². The van der Waals surface area contributed by atoms with Crippen LogP contribution in [0.5, 0.6) is 0 Å². The minimum atomic E-state index is 0. The van der Waals surface area contributed by atoms with E-state index in [2.05, 4.69) is 19.6 Å². The molecule has 0 saturated heterocycles. The molecule has 2 heteroatoms. The van der Waals surface area contributed by atoms with Crippen LogP contribution in [-0.4, -0.2) is 5.75 Å². The van der Waals surface area contributed by atoms with E-state index in [1.54, 1.807) is 0 Å². The van der Waals surface area contributed by atoms with Crippen LogP contribution in [0.25, 0.3) is 0 Å². The first-order chi connectivity index (χ1) is 1.41. The fraction of sp³-hybridized carbons (Fsp3) is 0.500. The quantitative estimate of drug-likeness (QED) is 0.492. The van der Waals surface area contributed by atoms with Crippen LogP contribution >= 0.6 is 12.6 Å². The molecule has 0 rings (SSSR count). The Morgan fingerprint density at radius 3 is 1.75 bits per heavy atom. The molecule has 0 bridgehead atoms. The van der Waals surface area contributed by atoms with Crippen LogP contribution in [0, 0.1) is 6.92 Å². The predicted octanol–water partition coefficient (Wildman–Crippen LogP) is 0.750. The topological polar surface area (TPSA) is 0 Å². The summed E-state index contributed by atoms with van der Waals surface area (Å²) in [5.41, 5.74) is 0. The van der Waals surface area contributed by atoms with E-state index >= 15 is 0 Å². The van der Waals surface area contributed by atoms with Crippen molar-refractivity contribution in [2.75, 3.05) is 5.75 Å². The molecule has 0 unspecified atom stereocenters. The second-order valence-electron chi connectivity index (χ2n) is 0.224. The van der Waals surface area contributed by atoms with Gasteiger partial charge < -0.3 is 6.92 Å². The first kappa shape index (κ1) is 10.2. The molecule has 0 aliphatic carbocycles. The van der Waals surface area contributed by atoms with Gasteiger partial charge in [0.2, 0.25) is 0 Å². The largest absolute Gasteiger partial charge is 0.334 e. The minimum absolute atomic E-state index is 0. The fourth-order valence-corrected chi connectivity index (χ4v) is 0. The van der Waals surface area contributed by atoms with Gasteiger partial charge in [-0.05, 0) is 0 Å². The number of hydrogen-bond acceptors (Lipinski definition) is 1. The van der Waals surface area contributed by atoms with Gasteiger partial charge in [-0.15, -0.1) is 5.75 Å². The van der Waals surface area contributed by atoms with E-state index in [1.807, 2.05) is 0 Å². The van der Waals surface area contributed by atoms with Gasteiger partial charge in [0.15, 0.2) is 0 Å². The van der Waals surface area contributed by atoms with Crippen molar-refractivity contribution in [3.05, 3.63) is 6.92 Å². The van der Waals surface area contributed by atoms with Crippen molar-refractivity contribution in [1.29, 1.82) is 0 Å². The third kappa shape index (κ3) is 0.391. The molecule has 0 radical (unpaired) electrons. The molecule has 0 nitrogen and oxygen atoms in total. The summed E-state index contributed by atoms with van der Waals surface area (Å²) in [5, 5.41) is 0. The SMILES string of the molecule is [CH2-]CS.[Rf]. The van der Waals surface area contributed by atoms with Crippen LogP contribution < -0.4 is 0 Å². The molecule has 0 spiro atoms. The summed E-state index contributed by atoms with van der Waals surface area (Å²) in [6, 6.07) is 0. The van der Waals surface area contributed by atoms with E-state index in [-0.39, 0.29) is 0 Å². The predicted molar refractivity (Wildman–Crippen MR) is 19.2 cm³/mol. The number of rotatable bonds is 0. The molecule has 0 aromatic rings. The Kier molecular flexibility index (Phi) is 88.7. The summed E-state index contributed by atoms with van der Waals surface area (Å²) in [4.78, 5) is 0. The maximum absolute atomic E-state index is 3.68. The van der Waals surface area contributed by atoms with E-state index in [9.17, 15) is 0 Å². The zero-order valence-electron chi connectivity index (χ0n) is 2.57. The smallest absolute Gasteiger partial charge is 0 e. The Morgan fingerprint density at radius 2 is 1.75 bits per heavy atom. The van der Waals surface area contributed by atoms with E-state index < -0.39 is 0 Å². The molecule has 4 heavy (non-hydrogen) atoms. The van der Waals surface area contributed by atoms with Crippen molar-refractivity contribution in [3.8, 4) is 0 Å². The summed E-state index contributed by atoms with van der Waals surface area (Å²) in [6.07, 6.45) is 0. The van der Waals surface area contributed by atoms with Crippen LogP contribution in [0.4, 0.5) is 0 Å². The van der Waals surface area contributed by atoms with Crippen LogP contribution in [0.1, 0.15) is 0 Å². The van der Waals surface area contributed by atoms with Gasteiger partial charge in [-0.1, -0.05) is 0 Å². The standard InChI is InChI=1S/C2H5S.Rf/c1-2-3;/h3H,1-2H2;/q-1;. The molecule has 0 aliphatic heterocycles. The second kappa shape index (κ2) is 35.0. The fourth-order valence-electron chi connectivity index (χ4n) is 0. The maximum Gasteiger partial charge on any atom is 0 e. The van der Waals surface area contributed by atoms with Gasteiger partial charge in [0.05, 0.1) is 0 Å². The van der Waals surface area contributed by atoms with Crippen LogP contribution in [0.3, 0.4) is 0 Å². The van der Waals surface area contributed by atoms with Crippen molar-refractivity contribution < 1.29 is 0 Å². The van der Waals surface area contributed by atoms with Crippen molar-refractivity contribution >= 4 is 12.6 Å². The average molecular weight is 328 g/mol. The summed E-state index contributed by atoms with van der Waals surface area (Å²) in [5.74, 6) is 0.694. The molecular weight excluding hydrogens is 323 g/mol. The Bertz CT molecular complexity index is 6.00. The van der Waals surface area contributed by atoms with E-state index in [4.69, 9.17) is 0 Å². The molecule has 0 saturated carbocycles. The average Bonchev–Trinajstić information content (AvgIpc) is 0.918.